The van der Waals surface area contributed by atoms with Gasteiger partial charge in [0, 0.05) is 0 Å². The van der Waals surface area contributed by atoms with Gasteiger partial charge in [-0.2, -0.15) is 0 Å². The zero-order chi connectivity index (χ0) is 11.8. The van der Waals surface area contributed by atoms with E-state index in [2.05, 4.69) is 6.92 Å². The number of carbonyl (C=O) groups is 1. The van der Waals surface area contributed by atoms with Crippen molar-refractivity contribution in [1.82, 2.24) is 0 Å². The summed E-state index contributed by atoms with van der Waals surface area (Å²) in [6.07, 6.45) is 2.41. The first-order chi connectivity index (χ1) is 7.74. The second kappa shape index (κ2) is 7.01. The number of benzene rings is 1. The molecule has 3 nitrogen and oxygen atoms in total. The van der Waals surface area contributed by atoms with Crippen LogP contribution in [0.1, 0.15) is 32.6 Å². The van der Waals surface area contributed by atoms with E-state index in [4.69, 9.17) is 4.74 Å². The minimum atomic E-state index is -1.01. The highest BCUT2D eigenvalue weighted by Gasteiger charge is 2.16. The first kappa shape index (κ1) is 12.7. The molecule has 0 amide bonds. The molecule has 0 saturated carbocycles. The number of carbonyl (C=O) groups excluding carboxylic acids is 1. The monoisotopic (exact) mass is 222 g/mol. The third-order valence-corrected chi connectivity index (χ3v) is 2.31. The molecule has 1 unspecified atom stereocenters. The SMILES string of the molecule is CCCCCC(O)C(=O)Oc1ccccc1. The Balaban J connectivity index is 2.34. The fourth-order valence-electron chi connectivity index (χ4n) is 1.38. The summed E-state index contributed by atoms with van der Waals surface area (Å²) < 4.78 is 5.02. The molecule has 0 radical (unpaired) electrons. The van der Waals surface area contributed by atoms with Crippen LogP contribution in [0.2, 0.25) is 0 Å². The number of aliphatic hydroxyl groups excluding tert-OH is 1. The van der Waals surface area contributed by atoms with Gasteiger partial charge in [0.25, 0.3) is 0 Å². The Morgan fingerprint density at radius 2 is 2.00 bits per heavy atom. The van der Waals surface area contributed by atoms with Crippen LogP contribution in [0.5, 0.6) is 5.75 Å². The molecule has 0 aliphatic heterocycles. The van der Waals surface area contributed by atoms with Crippen LogP contribution in [0, 0.1) is 0 Å². The average molecular weight is 222 g/mol. The van der Waals surface area contributed by atoms with E-state index in [1.165, 1.54) is 0 Å². The Morgan fingerprint density at radius 3 is 2.62 bits per heavy atom. The van der Waals surface area contributed by atoms with Crippen molar-refractivity contribution in [3.63, 3.8) is 0 Å². The van der Waals surface area contributed by atoms with E-state index in [0.29, 0.717) is 12.2 Å². The summed E-state index contributed by atoms with van der Waals surface area (Å²) in [7, 11) is 0. The van der Waals surface area contributed by atoms with E-state index < -0.39 is 12.1 Å². The number of rotatable bonds is 6. The van der Waals surface area contributed by atoms with Crippen LogP contribution in [-0.4, -0.2) is 17.2 Å². The van der Waals surface area contributed by atoms with Crippen LogP contribution in [0.4, 0.5) is 0 Å². The number of aliphatic hydroxyl groups is 1. The molecule has 0 spiro atoms. The molecule has 0 heterocycles. The molecule has 1 aromatic rings. The molecule has 1 aromatic carbocycles. The molecule has 0 aliphatic carbocycles. The Labute approximate surface area is 96.1 Å². The smallest absolute Gasteiger partial charge is 0.340 e. The Hall–Kier alpha value is -1.35. The van der Waals surface area contributed by atoms with Gasteiger partial charge in [-0.1, -0.05) is 44.4 Å². The fourth-order valence-corrected chi connectivity index (χ4v) is 1.38. The molecule has 1 rings (SSSR count). The standard InChI is InChI=1S/C13H18O3/c1-2-3-5-10-12(14)13(15)16-11-8-6-4-7-9-11/h4,6-9,12,14H,2-3,5,10H2,1H3. The first-order valence-corrected chi connectivity index (χ1v) is 5.69. The zero-order valence-electron chi connectivity index (χ0n) is 9.56. The summed E-state index contributed by atoms with van der Waals surface area (Å²) in [6.45, 7) is 2.08. The van der Waals surface area contributed by atoms with Crippen LogP contribution in [0.3, 0.4) is 0 Å². The number of esters is 1. The van der Waals surface area contributed by atoms with Crippen molar-refractivity contribution in [2.75, 3.05) is 0 Å². The lowest BCUT2D eigenvalue weighted by molar-refractivity contribution is -0.144. The summed E-state index contributed by atoms with van der Waals surface area (Å²) in [5.74, 6) is -0.0932. The molecule has 0 fully saturated rings. The fraction of sp³-hybridized carbons (Fsp3) is 0.462. The zero-order valence-corrected chi connectivity index (χ0v) is 9.56. The minimum Gasteiger partial charge on any atom is -0.425 e. The summed E-state index contributed by atoms with van der Waals surface area (Å²) >= 11 is 0. The predicted molar refractivity (Wildman–Crippen MR) is 62.2 cm³/mol. The van der Waals surface area contributed by atoms with E-state index in [9.17, 15) is 9.90 Å². The first-order valence-electron chi connectivity index (χ1n) is 5.69. The van der Waals surface area contributed by atoms with Crippen LogP contribution in [0.25, 0.3) is 0 Å². The molecular formula is C13H18O3. The summed E-state index contributed by atoms with van der Waals surface area (Å²) in [5, 5.41) is 9.53. The molecule has 0 aromatic heterocycles. The largest absolute Gasteiger partial charge is 0.425 e. The molecule has 16 heavy (non-hydrogen) atoms. The number of unbranched alkanes of at least 4 members (excludes halogenated alkanes) is 2. The predicted octanol–water partition coefficient (Wildman–Crippen LogP) is 2.53. The van der Waals surface area contributed by atoms with E-state index in [0.717, 1.165) is 19.3 Å². The maximum absolute atomic E-state index is 11.4. The highest BCUT2D eigenvalue weighted by molar-refractivity contribution is 5.76. The minimum absolute atomic E-state index is 0.472. The van der Waals surface area contributed by atoms with E-state index >= 15 is 0 Å². The molecule has 88 valence electrons. The van der Waals surface area contributed by atoms with Gasteiger partial charge in [-0.3, -0.25) is 0 Å². The van der Waals surface area contributed by atoms with Crippen molar-refractivity contribution < 1.29 is 14.6 Å². The molecule has 0 bridgehead atoms. The van der Waals surface area contributed by atoms with Gasteiger partial charge in [-0.25, -0.2) is 4.79 Å². The van der Waals surface area contributed by atoms with E-state index in [1.807, 2.05) is 6.07 Å². The van der Waals surface area contributed by atoms with Crippen LogP contribution < -0.4 is 4.74 Å². The topological polar surface area (TPSA) is 46.5 Å². The van der Waals surface area contributed by atoms with Crippen LogP contribution in [0.15, 0.2) is 30.3 Å². The Kier molecular flexibility index (Phi) is 5.57. The number of ether oxygens (including phenoxy) is 1. The van der Waals surface area contributed by atoms with Gasteiger partial charge in [0.1, 0.15) is 5.75 Å². The maximum atomic E-state index is 11.4. The maximum Gasteiger partial charge on any atom is 0.340 e. The third-order valence-electron chi connectivity index (χ3n) is 2.31. The second-order valence-corrected chi connectivity index (χ2v) is 3.75. The second-order valence-electron chi connectivity index (χ2n) is 3.75. The van der Waals surface area contributed by atoms with Crippen molar-refractivity contribution >= 4 is 5.97 Å². The van der Waals surface area contributed by atoms with Crippen molar-refractivity contribution in [2.24, 2.45) is 0 Å². The summed E-state index contributed by atoms with van der Waals surface area (Å²) in [6, 6.07) is 8.79. The third kappa shape index (κ3) is 4.45. The van der Waals surface area contributed by atoms with Gasteiger partial charge in [0.2, 0.25) is 0 Å². The van der Waals surface area contributed by atoms with Gasteiger partial charge < -0.3 is 9.84 Å². The lowest BCUT2D eigenvalue weighted by atomic mass is 10.1. The van der Waals surface area contributed by atoms with Crippen molar-refractivity contribution in [3.05, 3.63) is 30.3 Å². The van der Waals surface area contributed by atoms with Crippen molar-refractivity contribution in [3.8, 4) is 5.75 Å². The molecule has 0 aliphatic rings. The summed E-state index contributed by atoms with van der Waals surface area (Å²) in [4.78, 5) is 11.4. The van der Waals surface area contributed by atoms with Gasteiger partial charge in [0.05, 0.1) is 0 Å². The quantitative estimate of drug-likeness (QED) is 0.457. The highest BCUT2D eigenvalue weighted by Crippen LogP contribution is 2.11. The van der Waals surface area contributed by atoms with Crippen molar-refractivity contribution in [1.29, 1.82) is 0 Å². The van der Waals surface area contributed by atoms with Gasteiger partial charge >= 0.3 is 5.97 Å². The molecule has 3 heteroatoms. The number of para-hydroxylation sites is 1. The van der Waals surface area contributed by atoms with Crippen LogP contribution >= 0.6 is 0 Å². The van der Waals surface area contributed by atoms with Crippen LogP contribution in [-0.2, 0) is 4.79 Å². The van der Waals surface area contributed by atoms with Crippen molar-refractivity contribution in [2.45, 2.75) is 38.7 Å². The molecule has 1 atom stereocenters. The molecular weight excluding hydrogens is 204 g/mol. The van der Waals surface area contributed by atoms with Gasteiger partial charge in [-0.05, 0) is 18.6 Å². The highest BCUT2D eigenvalue weighted by atomic mass is 16.5. The normalized spacial score (nSPS) is 12.1. The number of hydrogen-bond acceptors (Lipinski definition) is 3. The number of hydrogen-bond donors (Lipinski definition) is 1. The van der Waals surface area contributed by atoms with Gasteiger partial charge in [-0.15, -0.1) is 0 Å². The average Bonchev–Trinajstić information content (AvgIpc) is 2.30. The molecule has 1 N–H and O–H groups in total. The lowest BCUT2D eigenvalue weighted by Gasteiger charge is -2.09. The Bertz CT molecular complexity index is 308. The van der Waals surface area contributed by atoms with Gasteiger partial charge in [0.15, 0.2) is 6.10 Å². The summed E-state index contributed by atoms with van der Waals surface area (Å²) in [5.41, 5.74) is 0. The molecule has 0 saturated heterocycles. The van der Waals surface area contributed by atoms with E-state index in [1.54, 1.807) is 24.3 Å². The lowest BCUT2D eigenvalue weighted by Crippen LogP contribution is -2.25. The Morgan fingerprint density at radius 1 is 1.31 bits per heavy atom. The van der Waals surface area contributed by atoms with E-state index in [-0.39, 0.29) is 0 Å².